The van der Waals surface area contributed by atoms with Crippen LogP contribution in [0.15, 0.2) is 48.5 Å². The van der Waals surface area contributed by atoms with Gasteiger partial charge in [-0.15, -0.1) is 0 Å². The van der Waals surface area contributed by atoms with E-state index in [1.807, 2.05) is 12.1 Å². The van der Waals surface area contributed by atoms with E-state index >= 15 is 0 Å². The van der Waals surface area contributed by atoms with Gasteiger partial charge >= 0.3 is 41.5 Å². The van der Waals surface area contributed by atoms with E-state index in [0.717, 1.165) is 11.1 Å². The topological polar surface area (TPSA) is 56.8 Å². The molecule has 2 aromatic carbocycles. The molecule has 0 aliphatic rings. The van der Waals surface area contributed by atoms with Gasteiger partial charge in [0, 0.05) is 4.53 Å². The number of rotatable bonds is 4. The van der Waals surface area contributed by atoms with E-state index in [1.54, 1.807) is 24.3 Å². The molecular formula is C18H14Cl2F4N2OPt. The van der Waals surface area contributed by atoms with Crippen molar-refractivity contribution >= 4 is 18.8 Å². The normalized spacial score (nSPS) is 9.71. The van der Waals surface area contributed by atoms with Gasteiger partial charge in [-0.05, 0) is 28.8 Å². The third-order valence-electron chi connectivity index (χ3n) is 3.01. The number of nitriles is 2. The van der Waals surface area contributed by atoms with Crippen LogP contribution in [0.4, 0.5) is 17.7 Å². The first-order valence-electron chi connectivity index (χ1n) is 7.38. The predicted octanol–water partition coefficient (Wildman–Crippen LogP) is 6.25. The van der Waals surface area contributed by atoms with Crippen LogP contribution < -0.4 is 4.94 Å². The van der Waals surface area contributed by atoms with Crippen LogP contribution in [-0.2, 0) is 35.7 Å². The summed E-state index contributed by atoms with van der Waals surface area (Å²) in [5.41, 5.74) is 1.81. The molecule has 2 aromatic rings. The molecule has 0 saturated carbocycles. The molecule has 154 valence electrons. The molecule has 28 heavy (non-hydrogen) atoms. The molecule has 3 nitrogen and oxygen atoms in total. The van der Waals surface area contributed by atoms with Gasteiger partial charge in [-0.1, -0.05) is 36.4 Å². The van der Waals surface area contributed by atoms with Gasteiger partial charge < -0.3 is 0 Å². The van der Waals surface area contributed by atoms with Gasteiger partial charge in [0.2, 0.25) is 0 Å². The fourth-order valence-electron chi connectivity index (χ4n) is 1.85. The second-order valence-corrected chi connectivity index (χ2v) is 8.33. The Morgan fingerprint density at radius 2 is 1.18 bits per heavy atom. The molecule has 10 heteroatoms. The van der Waals surface area contributed by atoms with E-state index in [1.165, 1.54) is 24.3 Å². The maximum absolute atomic E-state index is 11.9. The zero-order valence-electron chi connectivity index (χ0n) is 14.1. The number of benzene rings is 2. The molecule has 0 aliphatic heterocycles. The maximum atomic E-state index is 11.9. The molecule has 0 unspecified atom stereocenters. The third-order valence-corrected chi connectivity index (χ3v) is 3.01. The minimum absolute atomic E-state index is 0.159. The van der Waals surface area contributed by atoms with Crippen LogP contribution in [0.25, 0.3) is 0 Å². The molecule has 0 bridgehead atoms. The van der Waals surface area contributed by atoms with E-state index < -0.39 is 29.1 Å². The Morgan fingerprint density at radius 1 is 0.821 bits per heavy atom. The molecule has 0 heterocycles. The molecule has 0 aliphatic carbocycles. The molecule has 0 atom stereocenters. The first kappa shape index (κ1) is 26.2. The van der Waals surface area contributed by atoms with Crippen molar-refractivity contribution in [1.82, 2.24) is 0 Å². The zero-order chi connectivity index (χ0) is 21.4. The van der Waals surface area contributed by atoms with Gasteiger partial charge in [0.15, 0.2) is 5.75 Å². The van der Waals surface area contributed by atoms with Gasteiger partial charge in [-0.25, -0.2) is 0 Å². The number of nitrogens with zero attached hydrogens (tertiary/aromatic N) is 2. The van der Waals surface area contributed by atoms with Crippen molar-refractivity contribution in [2.45, 2.75) is 25.4 Å². The SMILES string of the molecule is N#CCc1ccc(CC(F)(F)F)cc1.N#CCc1ccc(OF)cc1.[Cl][Pt][Cl]. The summed E-state index contributed by atoms with van der Waals surface area (Å²) in [6, 6.07) is 16.1. The third kappa shape index (κ3) is 13.4. The summed E-state index contributed by atoms with van der Waals surface area (Å²) < 4.78 is 47.3. The first-order valence-corrected chi connectivity index (χ1v) is 13.0. The van der Waals surface area contributed by atoms with Crippen molar-refractivity contribution in [2.75, 3.05) is 0 Å². The Labute approximate surface area is 176 Å². The Hall–Kier alpha value is -1.79. The van der Waals surface area contributed by atoms with Crippen molar-refractivity contribution in [3.8, 4) is 17.9 Å². The molecule has 0 amide bonds. The van der Waals surface area contributed by atoms with Crippen LogP contribution >= 0.6 is 18.8 Å². The molecule has 0 saturated heterocycles. The van der Waals surface area contributed by atoms with Gasteiger partial charge in [0.05, 0.1) is 31.4 Å². The second-order valence-electron chi connectivity index (χ2n) is 5.04. The average molecular weight is 616 g/mol. The van der Waals surface area contributed by atoms with Crippen LogP contribution in [0.2, 0.25) is 0 Å². The molecule has 0 radical (unpaired) electrons. The molecular weight excluding hydrogens is 602 g/mol. The van der Waals surface area contributed by atoms with Crippen molar-refractivity contribution < 1.29 is 39.1 Å². The van der Waals surface area contributed by atoms with Crippen molar-refractivity contribution in [2.24, 2.45) is 0 Å². The molecule has 2 rings (SSSR count). The molecule has 0 N–H and O–H groups in total. The van der Waals surface area contributed by atoms with Crippen molar-refractivity contribution in [3.05, 3.63) is 65.2 Å². The number of hydrogen-bond acceptors (Lipinski definition) is 3. The fourth-order valence-corrected chi connectivity index (χ4v) is 1.85. The summed E-state index contributed by atoms with van der Waals surface area (Å²) in [6.45, 7) is 0. The van der Waals surface area contributed by atoms with E-state index in [-0.39, 0.29) is 17.7 Å². The second kappa shape index (κ2) is 15.2. The van der Waals surface area contributed by atoms with Gasteiger partial charge in [0.1, 0.15) is 0 Å². The minimum atomic E-state index is -4.17. The van der Waals surface area contributed by atoms with Crippen LogP contribution in [0.1, 0.15) is 16.7 Å². The van der Waals surface area contributed by atoms with Crippen molar-refractivity contribution in [3.63, 3.8) is 0 Å². The molecule has 0 aromatic heterocycles. The zero-order valence-corrected chi connectivity index (χ0v) is 17.9. The average Bonchev–Trinajstić information content (AvgIpc) is 2.65. The Balaban J connectivity index is 0.000000466. The number of halogens is 6. The Bertz CT molecular complexity index is 758. The molecule has 0 spiro atoms. The quantitative estimate of drug-likeness (QED) is 0.382. The van der Waals surface area contributed by atoms with E-state index in [0.29, 0.717) is 6.42 Å². The summed E-state index contributed by atoms with van der Waals surface area (Å²) in [6.07, 6.45) is -4.52. The van der Waals surface area contributed by atoms with E-state index in [9.17, 15) is 17.7 Å². The predicted molar refractivity (Wildman–Crippen MR) is 94.7 cm³/mol. The van der Waals surface area contributed by atoms with Gasteiger partial charge in [0.25, 0.3) is 0 Å². The van der Waals surface area contributed by atoms with E-state index in [4.69, 9.17) is 29.4 Å². The summed E-state index contributed by atoms with van der Waals surface area (Å²) in [5, 5.41) is 16.6. The standard InChI is InChI=1S/C10H8F3N.C8H6FNO.2ClH.Pt/c11-10(12,13)7-9-3-1-8(2-4-9)5-6-14;9-11-8-3-1-7(2-4-8)5-6-10;;;/h1-4H,5,7H2;1-4H,5H2;2*1H;/q;;;;+2/p-2. The monoisotopic (exact) mass is 615 g/mol. The summed E-state index contributed by atoms with van der Waals surface area (Å²) in [7, 11) is 9.75. The Kier molecular flexibility index (Phi) is 14.2. The molecule has 0 fully saturated rings. The van der Waals surface area contributed by atoms with Gasteiger partial charge in [-0.3, -0.25) is 4.94 Å². The van der Waals surface area contributed by atoms with Crippen LogP contribution in [0, 0.1) is 22.7 Å². The Morgan fingerprint density at radius 3 is 1.50 bits per heavy atom. The summed E-state index contributed by atoms with van der Waals surface area (Å²) in [4.78, 5) is 3.46. The van der Waals surface area contributed by atoms with Crippen LogP contribution in [-0.4, -0.2) is 6.18 Å². The van der Waals surface area contributed by atoms with Crippen molar-refractivity contribution in [1.29, 1.82) is 10.5 Å². The van der Waals surface area contributed by atoms with Crippen LogP contribution in [0.3, 0.4) is 0 Å². The number of hydrogen-bond donors (Lipinski definition) is 0. The fraction of sp³-hybridized carbons (Fsp3) is 0.222. The summed E-state index contributed by atoms with van der Waals surface area (Å²) >= 11 is -0.472. The first-order chi connectivity index (χ1) is 13.3. The van der Waals surface area contributed by atoms with Gasteiger partial charge in [-0.2, -0.15) is 23.7 Å². The van der Waals surface area contributed by atoms with Crippen LogP contribution in [0.5, 0.6) is 5.75 Å². The number of alkyl halides is 3. The summed E-state index contributed by atoms with van der Waals surface area (Å²) in [5.74, 6) is 0.159. The van der Waals surface area contributed by atoms with E-state index in [2.05, 4.69) is 4.94 Å².